The van der Waals surface area contributed by atoms with Crippen LogP contribution in [0.2, 0.25) is 10.0 Å². The van der Waals surface area contributed by atoms with Crippen molar-refractivity contribution in [1.82, 2.24) is 4.98 Å². The van der Waals surface area contributed by atoms with Crippen LogP contribution in [0, 0.1) is 11.3 Å². The SMILES string of the molecule is N#CCc1ccc(-c2cccc(Cl)c2Cl)c(=O)[nH]1. The Morgan fingerprint density at radius 3 is 2.61 bits per heavy atom. The average molecular weight is 279 g/mol. The van der Waals surface area contributed by atoms with E-state index >= 15 is 0 Å². The molecule has 0 aliphatic rings. The molecule has 0 amide bonds. The number of halogens is 2. The molecule has 2 aromatic rings. The predicted molar refractivity (Wildman–Crippen MR) is 71.8 cm³/mol. The smallest absolute Gasteiger partial charge is 0.256 e. The fourth-order valence-electron chi connectivity index (χ4n) is 1.63. The van der Waals surface area contributed by atoms with Crippen molar-refractivity contribution < 1.29 is 0 Å². The van der Waals surface area contributed by atoms with Crippen molar-refractivity contribution in [3.63, 3.8) is 0 Å². The largest absolute Gasteiger partial charge is 0.325 e. The fraction of sp³-hybridized carbons (Fsp3) is 0.0769. The van der Waals surface area contributed by atoms with Gasteiger partial charge in [0.05, 0.1) is 22.5 Å². The number of nitrogens with zero attached hydrogens (tertiary/aromatic N) is 1. The van der Waals surface area contributed by atoms with Gasteiger partial charge in [0, 0.05) is 16.8 Å². The van der Waals surface area contributed by atoms with Gasteiger partial charge < -0.3 is 4.98 Å². The molecular weight excluding hydrogens is 271 g/mol. The number of aromatic amines is 1. The zero-order valence-corrected chi connectivity index (χ0v) is 10.7. The van der Waals surface area contributed by atoms with E-state index in [0.29, 0.717) is 26.9 Å². The summed E-state index contributed by atoms with van der Waals surface area (Å²) in [6, 6.07) is 10.4. The number of hydrogen-bond acceptors (Lipinski definition) is 2. The second kappa shape index (κ2) is 5.26. The third-order valence-electron chi connectivity index (χ3n) is 2.48. The zero-order valence-electron chi connectivity index (χ0n) is 9.21. The van der Waals surface area contributed by atoms with Crippen molar-refractivity contribution in [2.45, 2.75) is 6.42 Å². The van der Waals surface area contributed by atoms with Crippen LogP contribution < -0.4 is 5.56 Å². The van der Waals surface area contributed by atoms with Crippen LogP contribution in [0.15, 0.2) is 35.1 Å². The molecule has 0 spiro atoms. The zero-order chi connectivity index (χ0) is 13.1. The van der Waals surface area contributed by atoms with Gasteiger partial charge in [-0.1, -0.05) is 35.3 Å². The summed E-state index contributed by atoms with van der Waals surface area (Å²) in [5.74, 6) is 0. The van der Waals surface area contributed by atoms with E-state index in [1.807, 2.05) is 6.07 Å². The van der Waals surface area contributed by atoms with E-state index in [2.05, 4.69) is 4.98 Å². The van der Waals surface area contributed by atoms with Crippen LogP contribution in [0.4, 0.5) is 0 Å². The first-order chi connectivity index (χ1) is 8.63. The van der Waals surface area contributed by atoms with Crippen LogP contribution in [-0.2, 0) is 6.42 Å². The molecule has 1 aromatic heterocycles. The summed E-state index contributed by atoms with van der Waals surface area (Å²) in [5, 5.41) is 9.31. The van der Waals surface area contributed by atoms with Crippen LogP contribution in [0.25, 0.3) is 11.1 Å². The summed E-state index contributed by atoms with van der Waals surface area (Å²) < 4.78 is 0. The van der Waals surface area contributed by atoms with Gasteiger partial charge in [-0.15, -0.1) is 0 Å². The van der Waals surface area contributed by atoms with Gasteiger partial charge >= 0.3 is 0 Å². The molecule has 5 heteroatoms. The summed E-state index contributed by atoms with van der Waals surface area (Å²) in [6.45, 7) is 0. The Kier molecular flexibility index (Phi) is 3.71. The van der Waals surface area contributed by atoms with Gasteiger partial charge in [0.1, 0.15) is 0 Å². The molecule has 2 rings (SSSR count). The molecule has 0 aliphatic heterocycles. The summed E-state index contributed by atoms with van der Waals surface area (Å²) in [4.78, 5) is 14.6. The molecule has 1 N–H and O–H groups in total. The summed E-state index contributed by atoms with van der Waals surface area (Å²) in [7, 11) is 0. The first-order valence-electron chi connectivity index (χ1n) is 5.17. The monoisotopic (exact) mass is 278 g/mol. The van der Waals surface area contributed by atoms with E-state index in [1.54, 1.807) is 30.3 Å². The van der Waals surface area contributed by atoms with Gasteiger partial charge in [-0.3, -0.25) is 4.79 Å². The van der Waals surface area contributed by atoms with Crippen LogP contribution in [0.1, 0.15) is 5.69 Å². The van der Waals surface area contributed by atoms with Crippen molar-refractivity contribution in [3.8, 4) is 17.2 Å². The summed E-state index contributed by atoms with van der Waals surface area (Å²) in [6.07, 6.45) is 0.165. The Bertz CT molecular complexity index is 686. The Morgan fingerprint density at radius 2 is 1.94 bits per heavy atom. The van der Waals surface area contributed by atoms with Crippen molar-refractivity contribution in [2.75, 3.05) is 0 Å². The maximum absolute atomic E-state index is 11.9. The molecule has 0 bridgehead atoms. The first kappa shape index (κ1) is 12.7. The molecule has 0 saturated carbocycles. The van der Waals surface area contributed by atoms with Crippen LogP contribution >= 0.6 is 23.2 Å². The summed E-state index contributed by atoms with van der Waals surface area (Å²) in [5.41, 5.74) is 1.30. The molecule has 3 nitrogen and oxygen atoms in total. The third-order valence-corrected chi connectivity index (χ3v) is 3.30. The second-order valence-electron chi connectivity index (χ2n) is 3.66. The lowest BCUT2D eigenvalue weighted by Crippen LogP contribution is -2.11. The molecule has 0 aliphatic carbocycles. The van der Waals surface area contributed by atoms with Gasteiger partial charge in [-0.25, -0.2) is 0 Å². The van der Waals surface area contributed by atoms with Crippen molar-refractivity contribution >= 4 is 23.2 Å². The molecule has 0 atom stereocenters. The van der Waals surface area contributed by atoms with Crippen molar-refractivity contribution in [3.05, 3.63) is 56.4 Å². The number of benzene rings is 1. The summed E-state index contributed by atoms with van der Waals surface area (Å²) >= 11 is 12.0. The Labute approximate surface area is 114 Å². The molecule has 0 saturated heterocycles. The van der Waals surface area contributed by atoms with Crippen molar-refractivity contribution in [2.24, 2.45) is 0 Å². The minimum Gasteiger partial charge on any atom is -0.325 e. The van der Waals surface area contributed by atoms with E-state index in [0.717, 1.165) is 0 Å². The third kappa shape index (κ3) is 2.40. The fourth-order valence-corrected chi connectivity index (χ4v) is 2.03. The minimum atomic E-state index is -0.285. The van der Waals surface area contributed by atoms with Gasteiger partial charge in [-0.2, -0.15) is 5.26 Å². The lowest BCUT2D eigenvalue weighted by Gasteiger charge is -2.05. The molecule has 18 heavy (non-hydrogen) atoms. The second-order valence-corrected chi connectivity index (χ2v) is 4.45. The number of rotatable bonds is 2. The van der Waals surface area contributed by atoms with E-state index in [4.69, 9.17) is 28.5 Å². The van der Waals surface area contributed by atoms with Gasteiger partial charge in [0.25, 0.3) is 5.56 Å². The highest BCUT2D eigenvalue weighted by molar-refractivity contribution is 6.43. The Hall–Kier alpha value is -1.76. The Balaban J connectivity index is 2.56. The van der Waals surface area contributed by atoms with Crippen molar-refractivity contribution in [1.29, 1.82) is 5.26 Å². The molecule has 0 radical (unpaired) electrons. The highest BCUT2D eigenvalue weighted by atomic mass is 35.5. The normalized spacial score (nSPS) is 10.1. The first-order valence-corrected chi connectivity index (χ1v) is 5.92. The lowest BCUT2D eigenvalue weighted by molar-refractivity contribution is 1.08. The minimum absolute atomic E-state index is 0.165. The molecule has 0 fully saturated rings. The number of H-pyrrole nitrogens is 1. The molecule has 1 heterocycles. The highest BCUT2D eigenvalue weighted by Crippen LogP contribution is 2.31. The lowest BCUT2D eigenvalue weighted by atomic mass is 10.1. The Morgan fingerprint density at radius 1 is 1.17 bits per heavy atom. The van der Waals surface area contributed by atoms with E-state index < -0.39 is 0 Å². The number of pyridine rings is 1. The van der Waals surface area contributed by atoms with E-state index in [9.17, 15) is 4.79 Å². The van der Waals surface area contributed by atoms with Crippen LogP contribution in [-0.4, -0.2) is 4.98 Å². The number of nitriles is 1. The predicted octanol–water partition coefficient (Wildman–Crippen LogP) is 3.41. The van der Waals surface area contributed by atoms with E-state index in [1.165, 1.54) is 0 Å². The quantitative estimate of drug-likeness (QED) is 0.915. The molecule has 90 valence electrons. The molecule has 0 unspecified atom stereocenters. The van der Waals surface area contributed by atoms with Gasteiger partial charge in [0.15, 0.2) is 0 Å². The van der Waals surface area contributed by atoms with Gasteiger partial charge in [-0.05, 0) is 18.2 Å². The van der Waals surface area contributed by atoms with Gasteiger partial charge in [0.2, 0.25) is 0 Å². The van der Waals surface area contributed by atoms with E-state index in [-0.39, 0.29) is 12.0 Å². The topological polar surface area (TPSA) is 56.6 Å². The maximum atomic E-state index is 11.9. The number of hydrogen-bond donors (Lipinski definition) is 1. The number of aromatic nitrogens is 1. The maximum Gasteiger partial charge on any atom is 0.256 e. The molecule has 1 aromatic carbocycles. The van der Waals surface area contributed by atoms with Crippen LogP contribution in [0.3, 0.4) is 0 Å². The number of nitrogens with one attached hydrogen (secondary N) is 1. The van der Waals surface area contributed by atoms with Crippen LogP contribution in [0.5, 0.6) is 0 Å². The highest BCUT2D eigenvalue weighted by Gasteiger charge is 2.10. The standard InChI is InChI=1S/C13H8Cl2N2O/c14-11-3-1-2-9(12(11)15)10-5-4-8(6-7-16)17-13(10)18/h1-5H,6H2,(H,17,18). The average Bonchev–Trinajstić information content (AvgIpc) is 2.34. The molecular formula is C13H8Cl2N2O.